The van der Waals surface area contributed by atoms with E-state index in [1.165, 1.54) is 4.57 Å². The van der Waals surface area contributed by atoms with E-state index in [0.29, 0.717) is 6.42 Å². The van der Waals surface area contributed by atoms with Gasteiger partial charge in [-0.15, -0.1) is 0 Å². The van der Waals surface area contributed by atoms with Crippen LogP contribution in [-0.4, -0.2) is 42.9 Å². The number of hydrogen-bond donors (Lipinski definition) is 4. The molecule has 3 rings (SSSR count). The molecule has 0 bridgehead atoms. The number of nitrogens with one attached hydrogen (secondary N) is 1. The number of imidazole rings is 1. The Morgan fingerprint density at radius 2 is 2.37 bits per heavy atom. The number of aliphatic hydroxyl groups is 2. The van der Waals surface area contributed by atoms with E-state index in [9.17, 15) is 15.0 Å². The largest absolute Gasteiger partial charge is 0.396 e. The second-order valence-corrected chi connectivity index (χ2v) is 4.80. The van der Waals surface area contributed by atoms with Crippen molar-refractivity contribution in [1.29, 1.82) is 0 Å². The predicted octanol–water partition coefficient (Wildman–Crippen LogP) is -1.14. The summed E-state index contributed by atoms with van der Waals surface area (Å²) in [5, 5.41) is 18.6. The summed E-state index contributed by atoms with van der Waals surface area (Å²) >= 11 is 0. The van der Waals surface area contributed by atoms with E-state index in [1.54, 1.807) is 0 Å². The quantitative estimate of drug-likeness (QED) is 0.556. The van der Waals surface area contributed by atoms with Gasteiger partial charge < -0.3 is 20.5 Å². The summed E-state index contributed by atoms with van der Waals surface area (Å²) < 4.78 is 9.40. The van der Waals surface area contributed by atoms with E-state index in [0.717, 1.165) is 0 Å². The van der Waals surface area contributed by atoms with Crippen LogP contribution in [0.4, 0.5) is 5.95 Å². The summed E-state index contributed by atoms with van der Waals surface area (Å²) in [7, 11) is 0. The Morgan fingerprint density at radius 3 is 3.05 bits per heavy atom. The zero-order valence-electron chi connectivity index (χ0n) is 11.1. The van der Waals surface area contributed by atoms with E-state index >= 15 is 0 Å². The van der Waals surface area contributed by atoms with Crippen molar-refractivity contribution in [1.82, 2.24) is 19.5 Å². The van der Waals surface area contributed by atoms with Crippen LogP contribution in [0.25, 0.3) is 11.2 Å². The van der Waals surface area contributed by atoms with Gasteiger partial charge in [0.1, 0.15) is 1.37 Å². The van der Waals surface area contributed by atoms with Crippen LogP contribution in [0.3, 0.4) is 0 Å². The molecule has 0 spiro atoms. The van der Waals surface area contributed by atoms with E-state index < -0.39 is 5.56 Å². The predicted molar refractivity (Wildman–Crippen MR) is 67.4 cm³/mol. The van der Waals surface area contributed by atoms with E-state index in [2.05, 4.69) is 15.0 Å². The van der Waals surface area contributed by atoms with Gasteiger partial charge in [0.05, 0.1) is 6.30 Å². The Balaban J connectivity index is 2.13. The second kappa shape index (κ2) is 4.32. The molecule has 0 radical (unpaired) electrons. The van der Waals surface area contributed by atoms with Gasteiger partial charge in [0.15, 0.2) is 11.2 Å². The molecule has 1 fully saturated rings. The molecule has 0 saturated heterocycles. The zero-order chi connectivity index (χ0) is 14.4. The fraction of sp³-hybridized carbons (Fsp3) is 0.545. The summed E-state index contributed by atoms with van der Waals surface area (Å²) in [5.74, 6) is -0.229. The van der Waals surface area contributed by atoms with Gasteiger partial charge in [-0.25, -0.2) is 4.98 Å². The maximum Gasteiger partial charge on any atom is 0.280 e. The van der Waals surface area contributed by atoms with Crippen LogP contribution in [0.2, 0.25) is 0 Å². The number of aliphatic hydroxyl groups excluding tert-OH is 2. The molecule has 0 aliphatic heterocycles. The normalized spacial score (nSPS) is 27.3. The first-order valence-electron chi connectivity index (χ1n) is 6.52. The Hall–Kier alpha value is -1.93. The van der Waals surface area contributed by atoms with Crippen LogP contribution in [0.1, 0.15) is 13.8 Å². The molecule has 2 aromatic rings. The number of fused-ring (bicyclic) bond motifs is 1. The van der Waals surface area contributed by atoms with E-state index in [4.69, 9.17) is 7.10 Å². The number of nitrogens with zero attached hydrogens (tertiary/aromatic N) is 3. The smallest absolute Gasteiger partial charge is 0.280 e. The first-order valence-corrected chi connectivity index (χ1v) is 6.02. The van der Waals surface area contributed by atoms with E-state index in [1.807, 2.05) is 0 Å². The molecule has 0 aromatic carbocycles. The fourth-order valence-corrected chi connectivity index (χ4v) is 2.68. The van der Waals surface area contributed by atoms with E-state index in [-0.39, 0.29) is 54.5 Å². The van der Waals surface area contributed by atoms with Gasteiger partial charge in [-0.05, 0) is 12.3 Å². The van der Waals surface area contributed by atoms with Crippen molar-refractivity contribution in [2.24, 2.45) is 11.8 Å². The Morgan fingerprint density at radius 1 is 1.58 bits per heavy atom. The monoisotopic (exact) mass is 267 g/mol. The third-order valence-electron chi connectivity index (χ3n) is 3.81. The highest BCUT2D eigenvalue weighted by atomic mass is 16.3. The van der Waals surface area contributed by atoms with Crippen molar-refractivity contribution in [2.45, 2.75) is 12.5 Å². The van der Waals surface area contributed by atoms with Crippen molar-refractivity contribution in [3.8, 4) is 0 Å². The summed E-state index contributed by atoms with van der Waals surface area (Å²) in [5.41, 5.74) is 5.35. The average Bonchev–Trinajstić information content (AvgIpc) is 2.67. The number of nitrogens with two attached hydrogens (primary N) is 1. The molecule has 19 heavy (non-hydrogen) atoms. The third kappa shape index (κ3) is 1.71. The highest BCUT2D eigenvalue weighted by Crippen LogP contribution is 2.44. The van der Waals surface area contributed by atoms with Crippen LogP contribution in [0, 0.1) is 11.8 Å². The Kier molecular flexibility index (Phi) is 2.49. The highest BCUT2D eigenvalue weighted by Gasteiger charge is 2.41. The number of H-pyrrole nitrogens is 1. The Labute approximate surface area is 109 Å². The van der Waals surface area contributed by atoms with Crippen molar-refractivity contribution < 1.29 is 11.6 Å². The summed E-state index contributed by atoms with van der Waals surface area (Å²) in [6.45, 7) is -0.120. The molecule has 0 amide bonds. The van der Waals surface area contributed by atoms with Gasteiger partial charge in [-0.2, -0.15) is 4.98 Å². The molecule has 8 nitrogen and oxygen atoms in total. The van der Waals surface area contributed by atoms with Crippen molar-refractivity contribution in [2.75, 3.05) is 18.9 Å². The van der Waals surface area contributed by atoms with Gasteiger partial charge in [0.25, 0.3) is 5.56 Å². The lowest BCUT2D eigenvalue weighted by molar-refractivity contribution is -0.00528. The number of anilines is 1. The summed E-state index contributed by atoms with van der Waals surface area (Å²) in [4.78, 5) is 22.0. The molecule has 102 valence electrons. The third-order valence-corrected chi connectivity index (χ3v) is 3.81. The molecule has 3 unspecified atom stereocenters. The second-order valence-electron chi connectivity index (χ2n) is 4.80. The van der Waals surface area contributed by atoms with Crippen LogP contribution >= 0.6 is 0 Å². The van der Waals surface area contributed by atoms with Crippen molar-refractivity contribution >= 4 is 17.1 Å². The lowest BCUT2D eigenvalue weighted by atomic mass is 9.70. The summed E-state index contributed by atoms with van der Waals surface area (Å²) in [6, 6.07) is -0.205. The molecule has 8 heteroatoms. The number of nitrogen functional groups attached to an aromatic ring is 1. The standard InChI is InChI=1S/C11H15N5O3/c12-11-14-9-8(10(19)15-11)13-4-16(9)7-1-5(2-17)6(7)3-18/h4-7,17-18H,1-3H2,(H3,12,14,15,19)/i4T. The fourth-order valence-electron chi connectivity index (χ4n) is 2.68. The molecule has 1 aliphatic rings. The zero-order valence-corrected chi connectivity index (χ0v) is 10.1. The minimum absolute atomic E-state index is 0.0128. The van der Waals surface area contributed by atoms with Crippen LogP contribution in [0.15, 0.2) is 11.1 Å². The number of aromatic amines is 1. The van der Waals surface area contributed by atoms with Crippen LogP contribution < -0.4 is 11.3 Å². The summed E-state index contributed by atoms with van der Waals surface area (Å²) in [6.07, 6.45) is 0.511. The SMILES string of the molecule is [3H]c1nc2c(=O)[nH]c(N)nc2n1C1CC(CO)C1CO. The van der Waals surface area contributed by atoms with Crippen molar-refractivity contribution in [3.05, 3.63) is 16.7 Å². The number of aromatic nitrogens is 4. The van der Waals surface area contributed by atoms with Crippen LogP contribution in [0.5, 0.6) is 0 Å². The topological polar surface area (TPSA) is 130 Å². The molecule has 3 atom stereocenters. The van der Waals surface area contributed by atoms with Gasteiger partial charge in [0.2, 0.25) is 5.95 Å². The molecule has 2 aromatic heterocycles. The molecule has 5 N–H and O–H groups in total. The molecular formula is C11H15N5O3. The average molecular weight is 267 g/mol. The maximum atomic E-state index is 11.7. The molecule has 1 saturated carbocycles. The van der Waals surface area contributed by atoms with Crippen molar-refractivity contribution in [3.63, 3.8) is 0 Å². The number of hydrogen-bond acceptors (Lipinski definition) is 6. The highest BCUT2D eigenvalue weighted by molar-refractivity contribution is 5.70. The van der Waals surface area contributed by atoms with Crippen LogP contribution in [-0.2, 0) is 0 Å². The molecule has 2 heterocycles. The van der Waals surface area contributed by atoms with Gasteiger partial charge in [0, 0.05) is 25.2 Å². The van der Waals surface area contributed by atoms with Gasteiger partial charge in [-0.1, -0.05) is 0 Å². The lowest BCUT2D eigenvalue weighted by Crippen LogP contribution is -2.42. The minimum atomic E-state index is -0.488. The molecular weight excluding hydrogens is 250 g/mol. The first-order chi connectivity index (χ1) is 9.56. The van der Waals surface area contributed by atoms with Gasteiger partial charge in [-0.3, -0.25) is 9.78 Å². The Bertz CT molecular complexity index is 712. The molecule has 1 aliphatic carbocycles. The lowest BCUT2D eigenvalue weighted by Gasteiger charge is -2.43. The van der Waals surface area contributed by atoms with Gasteiger partial charge >= 0.3 is 0 Å². The number of rotatable bonds is 3. The minimum Gasteiger partial charge on any atom is -0.396 e. The first kappa shape index (κ1) is 10.9. The maximum absolute atomic E-state index is 11.7.